The van der Waals surface area contributed by atoms with Gasteiger partial charge in [0.15, 0.2) is 0 Å². The predicted molar refractivity (Wildman–Crippen MR) is 89.4 cm³/mol. The molecule has 1 aromatic carbocycles. The number of aromatic nitrogens is 3. The molecule has 0 fully saturated rings. The quantitative estimate of drug-likeness (QED) is 0.690. The van der Waals surface area contributed by atoms with Crippen LogP contribution in [0.15, 0.2) is 42.7 Å². The maximum absolute atomic E-state index is 4.83. The number of hydrogen-bond acceptors (Lipinski definition) is 2. The zero-order valence-corrected chi connectivity index (χ0v) is 13.7. The fourth-order valence-corrected chi connectivity index (χ4v) is 2.86. The number of rotatable bonds is 3. The lowest BCUT2D eigenvalue weighted by atomic mass is 10.0. The van der Waals surface area contributed by atoms with Crippen LogP contribution in [0.3, 0.4) is 0 Å². The molecule has 0 N–H and O–H groups in total. The van der Waals surface area contributed by atoms with E-state index in [2.05, 4.69) is 73.9 Å². The van der Waals surface area contributed by atoms with E-state index in [1.807, 2.05) is 6.20 Å². The predicted octanol–water partition coefficient (Wildman–Crippen LogP) is 3.63. The van der Waals surface area contributed by atoms with Gasteiger partial charge in [-0.1, -0.05) is 32.0 Å². The summed E-state index contributed by atoms with van der Waals surface area (Å²) in [5.41, 5.74) is 4.53. The maximum Gasteiger partial charge on any atom is 0.333 e. The van der Waals surface area contributed by atoms with Gasteiger partial charge in [-0.3, -0.25) is 0 Å². The van der Waals surface area contributed by atoms with Crippen LogP contribution in [0.2, 0.25) is 0 Å². The summed E-state index contributed by atoms with van der Waals surface area (Å²) < 4.78 is 2.11. The standard InChI is InChI=1S/C19H22N3/c1-13(2)11-15-9-10-20-18-17(15)12-22(4)19(21-18)16-8-6-5-7-14(16)3/h5-10,12-13H,11H2,1-4H3/q+1. The first kappa shape index (κ1) is 14.6. The molecule has 3 nitrogen and oxygen atoms in total. The van der Waals surface area contributed by atoms with Crippen molar-refractivity contribution in [2.75, 3.05) is 0 Å². The first-order valence-corrected chi connectivity index (χ1v) is 7.76. The molecule has 0 aliphatic rings. The molecule has 22 heavy (non-hydrogen) atoms. The molecule has 0 saturated heterocycles. The Kier molecular flexibility index (Phi) is 3.88. The smallest absolute Gasteiger partial charge is 0.232 e. The van der Waals surface area contributed by atoms with Crippen LogP contribution in [-0.2, 0) is 13.5 Å². The van der Waals surface area contributed by atoms with Gasteiger partial charge in [0.1, 0.15) is 6.20 Å². The Balaban J connectivity index is 2.20. The van der Waals surface area contributed by atoms with Gasteiger partial charge >= 0.3 is 5.82 Å². The highest BCUT2D eigenvalue weighted by Gasteiger charge is 2.19. The number of fused-ring (bicyclic) bond motifs is 1. The van der Waals surface area contributed by atoms with E-state index in [1.54, 1.807) is 0 Å². The van der Waals surface area contributed by atoms with E-state index >= 15 is 0 Å². The van der Waals surface area contributed by atoms with E-state index in [0.29, 0.717) is 5.92 Å². The average Bonchev–Trinajstić information content (AvgIpc) is 2.48. The zero-order chi connectivity index (χ0) is 15.7. The van der Waals surface area contributed by atoms with Crippen molar-refractivity contribution < 1.29 is 4.57 Å². The van der Waals surface area contributed by atoms with Gasteiger partial charge in [-0.15, -0.1) is 0 Å². The summed E-state index contributed by atoms with van der Waals surface area (Å²) in [4.78, 5) is 9.31. The van der Waals surface area contributed by atoms with E-state index in [1.165, 1.54) is 11.1 Å². The lowest BCUT2D eigenvalue weighted by molar-refractivity contribution is -0.661. The summed E-state index contributed by atoms with van der Waals surface area (Å²) in [7, 11) is 2.06. The minimum atomic E-state index is 0.618. The van der Waals surface area contributed by atoms with Gasteiger partial charge in [0, 0.05) is 6.20 Å². The third-order valence-corrected chi connectivity index (χ3v) is 3.94. The van der Waals surface area contributed by atoms with Gasteiger partial charge in [0.25, 0.3) is 5.65 Å². The first-order valence-electron chi connectivity index (χ1n) is 7.76. The minimum Gasteiger partial charge on any atom is -0.232 e. The van der Waals surface area contributed by atoms with Crippen LogP contribution in [-0.4, -0.2) is 9.97 Å². The second-order valence-electron chi connectivity index (χ2n) is 6.30. The maximum atomic E-state index is 4.83. The SMILES string of the molecule is Cc1ccccc1-c1nc2nccc(CC(C)C)c2c[n+]1C. The Morgan fingerprint density at radius 2 is 1.91 bits per heavy atom. The highest BCUT2D eigenvalue weighted by atomic mass is 15.0. The number of hydrogen-bond donors (Lipinski definition) is 0. The first-order chi connectivity index (χ1) is 10.6. The van der Waals surface area contributed by atoms with Crippen molar-refractivity contribution in [1.82, 2.24) is 9.97 Å². The molecule has 2 heterocycles. The monoisotopic (exact) mass is 292 g/mol. The van der Waals surface area contributed by atoms with E-state index in [0.717, 1.165) is 28.8 Å². The molecular formula is C19H22N3+. The zero-order valence-electron chi connectivity index (χ0n) is 13.7. The van der Waals surface area contributed by atoms with Gasteiger partial charge in [-0.05, 0) is 47.5 Å². The van der Waals surface area contributed by atoms with Crippen LogP contribution >= 0.6 is 0 Å². The average molecular weight is 292 g/mol. The molecule has 0 saturated carbocycles. The van der Waals surface area contributed by atoms with Crippen molar-refractivity contribution >= 4 is 11.0 Å². The summed E-state index contributed by atoms with van der Waals surface area (Å²) >= 11 is 0. The van der Waals surface area contributed by atoms with Crippen molar-refractivity contribution in [3.63, 3.8) is 0 Å². The number of benzene rings is 1. The van der Waals surface area contributed by atoms with Gasteiger partial charge in [-0.25, -0.2) is 9.55 Å². The molecule has 0 aliphatic carbocycles. The third kappa shape index (κ3) is 2.71. The van der Waals surface area contributed by atoms with Crippen LogP contribution in [0.5, 0.6) is 0 Å². The Morgan fingerprint density at radius 1 is 1.14 bits per heavy atom. The molecule has 3 heteroatoms. The van der Waals surface area contributed by atoms with Gasteiger partial charge in [0.2, 0.25) is 0 Å². The molecule has 0 amide bonds. The second-order valence-corrected chi connectivity index (χ2v) is 6.30. The van der Waals surface area contributed by atoms with E-state index in [9.17, 15) is 0 Å². The van der Waals surface area contributed by atoms with Gasteiger partial charge < -0.3 is 0 Å². The van der Waals surface area contributed by atoms with Crippen LogP contribution in [0, 0.1) is 12.8 Å². The molecule has 3 aromatic rings. The number of pyridine rings is 1. The Bertz CT molecular complexity index is 822. The molecule has 0 radical (unpaired) electrons. The molecule has 2 aromatic heterocycles. The summed E-state index contributed by atoms with van der Waals surface area (Å²) in [6.07, 6.45) is 5.08. The molecule has 3 rings (SSSR count). The van der Waals surface area contributed by atoms with E-state index in [-0.39, 0.29) is 0 Å². The molecule has 0 aliphatic heterocycles. The van der Waals surface area contributed by atoms with Crippen molar-refractivity contribution in [2.24, 2.45) is 13.0 Å². The number of aryl methyl sites for hydroxylation is 2. The van der Waals surface area contributed by atoms with Gasteiger partial charge in [0.05, 0.1) is 18.0 Å². The normalized spacial score (nSPS) is 11.3. The van der Waals surface area contributed by atoms with Gasteiger partial charge in [-0.2, -0.15) is 0 Å². The summed E-state index contributed by atoms with van der Waals surface area (Å²) in [6.45, 7) is 6.59. The minimum absolute atomic E-state index is 0.618. The number of nitrogens with zero attached hydrogens (tertiary/aromatic N) is 3. The van der Waals surface area contributed by atoms with Crippen LogP contribution in [0.4, 0.5) is 0 Å². The highest BCUT2D eigenvalue weighted by molar-refractivity contribution is 5.78. The van der Waals surface area contributed by atoms with Crippen LogP contribution in [0.1, 0.15) is 25.0 Å². The lowest BCUT2D eigenvalue weighted by Crippen LogP contribution is -2.32. The fraction of sp³-hybridized carbons (Fsp3) is 0.316. The molecular weight excluding hydrogens is 270 g/mol. The Labute approximate surface area is 131 Å². The van der Waals surface area contributed by atoms with Crippen molar-refractivity contribution in [2.45, 2.75) is 27.2 Å². The lowest BCUT2D eigenvalue weighted by Gasteiger charge is -2.08. The van der Waals surface area contributed by atoms with E-state index < -0.39 is 0 Å². The largest absolute Gasteiger partial charge is 0.333 e. The molecule has 0 bridgehead atoms. The Hall–Kier alpha value is -2.29. The van der Waals surface area contributed by atoms with Crippen LogP contribution < -0.4 is 4.57 Å². The van der Waals surface area contributed by atoms with Crippen molar-refractivity contribution in [1.29, 1.82) is 0 Å². The van der Waals surface area contributed by atoms with Crippen molar-refractivity contribution in [3.05, 3.63) is 53.9 Å². The molecule has 0 unspecified atom stereocenters. The highest BCUT2D eigenvalue weighted by Crippen LogP contribution is 2.22. The molecule has 112 valence electrons. The topological polar surface area (TPSA) is 29.7 Å². The summed E-state index contributed by atoms with van der Waals surface area (Å²) in [5.74, 6) is 1.58. The molecule has 0 atom stereocenters. The van der Waals surface area contributed by atoms with Crippen molar-refractivity contribution in [3.8, 4) is 11.4 Å². The summed E-state index contributed by atoms with van der Waals surface area (Å²) in [6, 6.07) is 10.4. The molecule has 0 spiro atoms. The van der Waals surface area contributed by atoms with E-state index in [4.69, 9.17) is 4.98 Å². The third-order valence-electron chi connectivity index (χ3n) is 3.94. The summed E-state index contributed by atoms with van der Waals surface area (Å²) in [5, 5.41) is 1.15. The second kappa shape index (κ2) is 5.84. The Morgan fingerprint density at radius 3 is 2.64 bits per heavy atom. The fourth-order valence-electron chi connectivity index (χ4n) is 2.86. The van der Waals surface area contributed by atoms with Crippen LogP contribution in [0.25, 0.3) is 22.4 Å².